The van der Waals surface area contributed by atoms with Gasteiger partial charge in [-0.05, 0) is 23.3 Å². The molecule has 28 heavy (non-hydrogen) atoms. The summed E-state index contributed by atoms with van der Waals surface area (Å²) in [5, 5.41) is 4.12. The predicted molar refractivity (Wildman–Crippen MR) is 103 cm³/mol. The Bertz CT molecular complexity index is 966. The molecule has 0 radical (unpaired) electrons. The summed E-state index contributed by atoms with van der Waals surface area (Å²) >= 11 is 0. The molecule has 1 fully saturated rings. The molecule has 1 saturated heterocycles. The zero-order valence-corrected chi connectivity index (χ0v) is 15.8. The van der Waals surface area contributed by atoms with E-state index in [-0.39, 0.29) is 17.9 Å². The highest BCUT2D eigenvalue weighted by Gasteiger charge is 2.42. The van der Waals surface area contributed by atoms with E-state index in [1.165, 1.54) is 0 Å². The van der Waals surface area contributed by atoms with Gasteiger partial charge in [-0.25, -0.2) is 0 Å². The Morgan fingerprint density at radius 3 is 2.54 bits per heavy atom. The Morgan fingerprint density at radius 2 is 1.89 bits per heavy atom. The van der Waals surface area contributed by atoms with Gasteiger partial charge < -0.3 is 19.9 Å². The van der Waals surface area contributed by atoms with E-state index >= 15 is 0 Å². The van der Waals surface area contributed by atoms with Crippen molar-refractivity contribution in [2.24, 2.45) is 5.73 Å². The summed E-state index contributed by atoms with van der Waals surface area (Å²) in [6, 6.07) is 15.3. The minimum Gasteiger partial charge on any atom is -0.497 e. The topological polar surface area (TPSA) is 94.5 Å². The van der Waals surface area contributed by atoms with Crippen molar-refractivity contribution in [2.45, 2.75) is 24.9 Å². The molecule has 2 unspecified atom stereocenters. The lowest BCUT2D eigenvalue weighted by Crippen LogP contribution is -2.24. The molecule has 0 spiro atoms. The molecule has 144 valence electrons. The van der Waals surface area contributed by atoms with E-state index in [0.29, 0.717) is 24.7 Å². The van der Waals surface area contributed by atoms with Crippen molar-refractivity contribution in [3.05, 3.63) is 65.5 Å². The van der Waals surface area contributed by atoms with Crippen LogP contribution in [0.25, 0.3) is 11.4 Å². The minimum atomic E-state index is -0.199. The summed E-state index contributed by atoms with van der Waals surface area (Å²) < 4.78 is 10.8. The van der Waals surface area contributed by atoms with Gasteiger partial charge in [0.25, 0.3) is 0 Å². The second-order valence-electron chi connectivity index (χ2n) is 6.89. The molecule has 1 aliphatic rings. The van der Waals surface area contributed by atoms with E-state index in [9.17, 15) is 4.79 Å². The fraction of sp³-hybridized carbons (Fsp3) is 0.286. The van der Waals surface area contributed by atoms with Crippen LogP contribution in [0.3, 0.4) is 0 Å². The highest BCUT2D eigenvalue weighted by Crippen LogP contribution is 2.43. The monoisotopic (exact) mass is 378 g/mol. The molecular weight excluding hydrogens is 356 g/mol. The number of nitrogens with two attached hydrogens (primary N) is 1. The van der Waals surface area contributed by atoms with Crippen LogP contribution in [0.1, 0.15) is 35.4 Å². The third-order valence-corrected chi connectivity index (χ3v) is 5.25. The Labute approximate surface area is 163 Å². The summed E-state index contributed by atoms with van der Waals surface area (Å²) in [6.45, 7) is 0.484. The number of likely N-dealkylation sites (N-methyl/N-ethyl adjacent to an activating group) is 1. The molecular formula is C21H22N4O3. The first-order valence-corrected chi connectivity index (χ1v) is 9.13. The molecule has 0 aliphatic carbocycles. The third kappa shape index (κ3) is 3.25. The molecule has 0 bridgehead atoms. The highest BCUT2D eigenvalue weighted by atomic mass is 16.5. The van der Waals surface area contributed by atoms with Crippen molar-refractivity contribution < 1.29 is 14.1 Å². The van der Waals surface area contributed by atoms with Gasteiger partial charge in [0.2, 0.25) is 17.6 Å². The summed E-state index contributed by atoms with van der Waals surface area (Å²) in [5.41, 5.74) is 8.54. The maximum Gasteiger partial charge on any atom is 0.233 e. The third-order valence-electron chi connectivity index (χ3n) is 5.25. The van der Waals surface area contributed by atoms with Gasteiger partial charge in [0, 0.05) is 25.6 Å². The van der Waals surface area contributed by atoms with Gasteiger partial charge in [-0.3, -0.25) is 4.79 Å². The summed E-state index contributed by atoms with van der Waals surface area (Å²) in [7, 11) is 3.43. The van der Waals surface area contributed by atoms with Crippen molar-refractivity contribution in [3.63, 3.8) is 0 Å². The Balaban J connectivity index is 1.64. The molecule has 1 amide bonds. The number of likely N-dealkylation sites (tertiary alicyclic amines) is 1. The van der Waals surface area contributed by atoms with Gasteiger partial charge in [-0.2, -0.15) is 4.98 Å². The highest BCUT2D eigenvalue weighted by molar-refractivity contribution is 5.80. The quantitative estimate of drug-likeness (QED) is 0.734. The lowest BCUT2D eigenvalue weighted by atomic mass is 9.93. The van der Waals surface area contributed by atoms with Crippen LogP contribution < -0.4 is 10.5 Å². The van der Waals surface area contributed by atoms with Crippen LogP contribution in [-0.2, 0) is 11.3 Å². The SMILES string of the molecule is COc1ccc(C2C(c3nc(-c4ccc(CN)cc4)no3)CC(=O)N2C)cc1. The molecule has 7 nitrogen and oxygen atoms in total. The van der Waals surface area contributed by atoms with Gasteiger partial charge >= 0.3 is 0 Å². The molecule has 1 aliphatic heterocycles. The molecule has 2 N–H and O–H groups in total. The van der Waals surface area contributed by atoms with Crippen LogP contribution in [0.15, 0.2) is 53.1 Å². The number of hydrogen-bond acceptors (Lipinski definition) is 6. The normalized spacial score (nSPS) is 19.2. The lowest BCUT2D eigenvalue weighted by molar-refractivity contribution is -0.127. The molecule has 4 rings (SSSR count). The van der Waals surface area contributed by atoms with Crippen LogP contribution >= 0.6 is 0 Å². The zero-order valence-electron chi connectivity index (χ0n) is 15.8. The van der Waals surface area contributed by atoms with E-state index in [1.807, 2.05) is 48.5 Å². The van der Waals surface area contributed by atoms with Crippen molar-refractivity contribution in [2.75, 3.05) is 14.2 Å². The fourth-order valence-corrected chi connectivity index (χ4v) is 3.64. The number of amides is 1. The number of carbonyl (C=O) groups is 1. The number of aromatic nitrogens is 2. The molecule has 2 atom stereocenters. The van der Waals surface area contributed by atoms with E-state index < -0.39 is 0 Å². The molecule has 7 heteroatoms. The van der Waals surface area contributed by atoms with Gasteiger partial charge in [0.15, 0.2) is 0 Å². The van der Waals surface area contributed by atoms with Crippen LogP contribution in [0.5, 0.6) is 5.75 Å². The first-order chi connectivity index (χ1) is 13.6. The van der Waals surface area contributed by atoms with E-state index in [2.05, 4.69) is 10.1 Å². The van der Waals surface area contributed by atoms with Gasteiger partial charge in [0.05, 0.1) is 19.1 Å². The summed E-state index contributed by atoms with van der Waals surface area (Å²) in [6.07, 6.45) is 0.334. The second kappa shape index (κ2) is 7.44. The van der Waals surface area contributed by atoms with E-state index in [4.69, 9.17) is 15.0 Å². The van der Waals surface area contributed by atoms with Crippen molar-refractivity contribution in [1.29, 1.82) is 0 Å². The van der Waals surface area contributed by atoms with Crippen LogP contribution in [0, 0.1) is 0 Å². The first-order valence-electron chi connectivity index (χ1n) is 9.13. The number of hydrogen-bond donors (Lipinski definition) is 1. The number of nitrogens with zero attached hydrogens (tertiary/aromatic N) is 3. The first kappa shape index (κ1) is 18.2. The largest absolute Gasteiger partial charge is 0.497 e. The molecule has 2 heterocycles. The molecule has 1 aromatic heterocycles. The number of methoxy groups -OCH3 is 1. The van der Waals surface area contributed by atoms with Crippen LogP contribution in [0.2, 0.25) is 0 Å². The number of carbonyl (C=O) groups excluding carboxylic acids is 1. The second-order valence-corrected chi connectivity index (χ2v) is 6.89. The van der Waals surface area contributed by atoms with Crippen LogP contribution in [-0.4, -0.2) is 35.1 Å². The maximum atomic E-state index is 12.4. The zero-order chi connectivity index (χ0) is 19.7. The van der Waals surface area contributed by atoms with Crippen LogP contribution in [0.4, 0.5) is 0 Å². The van der Waals surface area contributed by atoms with Crippen molar-refractivity contribution >= 4 is 5.91 Å². The molecule has 2 aromatic carbocycles. The lowest BCUT2D eigenvalue weighted by Gasteiger charge is -2.23. The average molecular weight is 378 g/mol. The predicted octanol–water partition coefficient (Wildman–Crippen LogP) is 2.89. The molecule has 0 saturated carbocycles. The minimum absolute atomic E-state index is 0.0536. The Hall–Kier alpha value is -3.19. The van der Waals surface area contributed by atoms with Gasteiger partial charge in [-0.15, -0.1) is 0 Å². The smallest absolute Gasteiger partial charge is 0.233 e. The number of benzene rings is 2. The number of ether oxygens (including phenoxy) is 1. The summed E-state index contributed by atoms with van der Waals surface area (Å²) in [4.78, 5) is 18.7. The summed E-state index contributed by atoms with van der Waals surface area (Å²) in [5.74, 6) is 1.60. The van der Waals surface area contributed by atoms with Crippen molar-refractivity contribution in [3.8, 4) is 17.1 Å². The van der Waals surface area contributed by atoms with Gasteiger partial charge in [0.1, 0.15) is 5.75 Å². The Kier molecular flexibility index (Phi) is 4.83. The van der Waals surface area contributed by atoms with E-state index in [0.717, 1.165) is 22.4 Å². The maximum absolute atomic E-state index is 12.4. The fourth-order valence-electron chi connectivity index (χ4n) is 3.64. The average Bonchev–Trinajstić information content (AvgIpc) is 3.33. The van der Waals surface area contributed by atoms with Crippen molar-refractivity contribution in [1.82, 2.24) is 15.0 Å². The standard InChI is InChI=1S/C21H22N4O3/c1-25-18(26)11-17(19(25)14-7-9-16(27-2)10-8-14)21-23-20(24-28-21)15-5-3-13(12-22)4-6-15/h3-10,17,19H,11-12,22H2,1-2H3. The van der Waals surface area contributed by atoms with Gasteiger partial charge in [-0.1, -0.05) is 41.6 Å². The number of rotatable bonds is 5. The molecule has 3 aromatic rings. The Morgan fingerprint density at radius 1 is 1.18 bits per heavy atom. The van der Waals surface area contributed by atoms with E-state index in [1.54, 1.807) is 19.1 Å².